The molecule has 1 N–H and O–H groups in total. The first-order chi connectivity index (χ1) is 8.26. The molecule has 0 bridgehead atoms. The molecule has 1 heterocycles. The molecule has 1 unspecified atom stereocenters. The van der Waals surface area contributed by atoms with Crippen molar-refractivity contribution >= 4 is 5.97 Å². The second-order valence-electron chi connectivity index (χ2n) is 4.72. The smallest absolute Gasteiger partial charge is 0.305 e. The van der Waals surface area contributed by atoms with Crippen molar-refractivity contribution in [1.29, 1.82) is 0 Å². The van der Waals surface area contributed by atoms with Crippen molar-refractivity contribution in [1.82, 2.24) is 10.2 Å². The van der Waals surface area contributed by atoms with Crippen LogP contribution in [-0.2, 0) is 9.53 Å². The Bertz CT molecular complexity index is 215. The fraction of sp³-hybridized carbons (Fsp3) is 0.923. The molecule has 1 saturated heterocycles. The fourth-order valence-corrected chi connectivity index (χ4v) is 2.32. The first-order valence-corrected chi connectivity index (χ1v) is 6.78. The van der Waals surface area contributed by atoms with Crippen molar-refractivity contribution in [3.05, 3.63) is 0 Å². The molecule has 1 fully saturated rings. The van der Waals surface area contributed by atoms with Gasteiger partial charge in [-0.15, -0.1) is 0 Å². The summed E-state index contributed by atoms with van der Waals surface area (Å²) in [6.07, 6.45) is 5.37. The molecule has 1 rings (SSSR count). The van der Waals surface area contributed by atoms with Gasteiger partial charge in [0.25, 0.3) is 0 Å². The summed E-state index contributed by atoms with van der Waals surface area (Å²) in [5, 5.41) is 3.56. The topological polar surface area (TPSA) is 41.6 Å². The number of nitrogens with zero attached hydrogens (tertiary/aromatic N) is 1. The van der Waals surface area contributed by atoms with Gasteiger partial charge in [0, 0.05) is 19.0 Å². The molecule has 0 spiro atoms. The van der Waals surface area contributed by atoms with Crippen molar-refractivity contribution in [3.63, 3.8) is 0 Å². The van der Waals surface area contributed by atoms with Crippen molar-refractivity contribution in [2.45, 2.75) is 45.1 Å². The number of carbonyl (C=O) groups is 1. The SMILES string of the molecule is CCN(CCCC(=O)OC)CC1CCCCN1. The van der Waals surface area contributed by atoms with E-state index in [1.165, 1.54) is 26.4 Å². The Morgan fingerprint density at radius 1 is 1.47 bits per heavy atom. The predicted molar refractivity (Wildman–Crippen MR) is 69.0 cm³/mol. The summed E-state index contributed by atoms with van der Waals surface area (Å²) in [7, 11) is 1.45. The number of esters is 1. The zero-order valence-corrected chi connectivity index (χ0v) is 11.2. The van der Waals surface area contributed by atoms with Gasteiger partial charge in [-0.25, -0.2) is 0 Å². The van der Waals surface area contributed by atoms with Crippen molar-refractivity contribution in [2.24, 2.45) is 0 Å². The van der Waals surface area contributed by atoms with E-state index >= 15 is 0 Å². The van der Waals surface area contributed by atoms with E-state index < -0.39 is 0 Å². The van der Waals surface area contributed by atoms with Crippen molar-refractivity contribution in [2.75, 3.05) is 33.3 Å². The summed E-state index contributed by atoms with van der Waals surface area (Å²) in [6, 6.07) is 0.641. The quantitative estimate of drug-likeness (QED) is 0.685. The Labute approximate surface area is 105 Å². The van der Waals surface area contributed by atoms with Gasteiger partial charge in [-0.2, -0.15) is 0 Å². The summed E-state index contributed by atoms with van der Waals surface area (Å²) in [5.74, 6) is -0.100. The maximum absolute atomic E-state index is 11.0. The van der Waals surface area contributed by atoms with Gasteiger partial charge in [-0.3, -0.25) is 4.79 Å². The Hall–Kier alpha value is -0.610. The number of rotatable bonds is 7. The average molecular weight is 242 g/mol. The van der Waals surface area contributed by atoms with E-state index in [2.05, 4.69) is 21.9 Å². The highest BCUT2D eigenvalue weighted by Gasteiger charge is 2.15. The van der Waals surface area contributed by atoms with Crippen LogP contribution in [0.1, 0.15) is 39.0 Å². The molecule has 0 aromatic carbocycles. The van der Waals surface area contributed by atoms with Crippen LogP contribution in [0.25, 0.3) is 0 Å². The molecule has 1 aliphatic rings. The first-order valence-electron chi connectivity index (χ1n) is 6.78. The second-order valence-corrected chi connectivity index (χ2v) is 4.72. The first kappa shape index (κ1) is 14.5. The lowest BCUT2D eigenvalue weighted by Gasteiger charge is -2.29. The third-order valence-electron chi connectivity index (χ3n) is 3.42. The highest BCUT2D eigenvalue weighted by atomic mass is 16.5. The van der Waals surface area contributed by atoms with E-state index in [1.54, 1.807) is 0 Å². The molecule has 4 nitrogen and oxygen atoms in total. The van der Waals surface area contributed by atoms with Gasteiger partial charge in [0.15, 0.2) is 0 Å². The number of hydrogen-bond acceptors (Lipinski definition) is 4. The molecule has 0 radical (unpaired) electrons. The highest BCUT2D eigenvalue weighted by Crippen LogP contribution is 2.09. The molecule has 0 aromatic rings. The number of methoxy groups -OCH3 is 1. The number of nitrogens with one attached hydrogen (secondary N) is 1. The van der Waals surface area contributed by atoms with Crippen molar-refractivity contribution < 1.29 is 9.53 Å². The standard InChI is InChI=1S/C13H26N2O2/c1-3-15(10-6-8-13(16)17-2)11-12-7-4-5-9-14-12/h12,14H,3-11H2,1-2H3. The maximum Gasteiger partial charge on any atom is 0.305 e. The Kier molecular flexibility index (Phi) is 7.21. The Balaban J connectivity index is 2.16. The molecular weight excluding hydrogens is 216 g/mol. The normalized spacial score (nSPS) is 20.5. The molecule has 0 aliphatic carbocycles. The van der Waals surface area contributed by atoms with E-state index in [-0.39, 0.29) is 5.97 Å². The van der Waals surface area contributed by atoms with E-state index in [1.807, 2.05) is 0 Å². The van der Waals surface area contributed by atoms with Gasteiger partial charge >= 0.3 is 5.97 Å². The molecule has 1 atom stereocenters. The summed E-state index contributed by atoms with van der Waals surface area (Å²) in [4.78, 5) is 13.4. The zero-order valence-electron chi connectivity index (χ0n) is 11.2. The lowest BCUT2D eigenvalue weighted by Crippen LogP contribution is -2.43. The third kappa shape index (κ3) is 6.03. The van der Waals surface area contributed by atoms with E-state index in [0.717, 1.165) is 32.6 Å². The van der Waals surface area contributed by atoms with Crippen LogP contribution in [0.5, 0.6) is 0 Å². The minimum atomic E-state index is -0.100. The molecule has 0 saturated carbocycles. The minimum absolute atomic E-state index is 0.100. The summed E-state index contributed by atoms with van der Waals surface area (Å²) >= 11 is 0. The zero-order chi connectivity index (χ0) is 12.5. The third-order valence-corrected chi connectivity index (χ3v) is 3.42. The van der Waals surface area contributed by atoms with Crippen LogP contribution in [-0.4, -0.2) is 50.2 Å². The van der Waals surface area contributed by atoms with Crippen LogP contribution in [0.4, 0.5) is 0 Å². The van der Waals surface area contributed by atoms with Gasteiger partial charge in [-0.05, 0) is 38.9 Å². The summed E-state index contributed by atoms with van der Waals surface area (Å²) in [6.45, 7) is 6.49. The van der Waals surface area contributed by atoms with Crippen LogP contribution < -0.4 is 5.32 Å². The molecular formula is C13H26N2O2. The van der Waals surface area contributed by atoms with Gasteiger partial charge in [0.1, 0.15) is 0 Å². The second kappa shape index (κ2) is 8.48. The van der Waals surface area contributed by atoms with Gasteiger partial charge < -0.3 is 15.0 Å². The largest absolute Gasteiger partial charge is 0.469 e. The van der Waals surface area contributed by atoms with Crippen LogP contribution in [0.2, 0.25) is 0 Å². The van der Waals surface area contributed by atoms with Crippen LogP contribution >= 0.6 is 0 Å². The number of ether oxygens (including phenoxy) is 1. The van der Waals surface area contributed by atoms with Gasteiger partial charge in [0.2, 0.25) is 0 Å². The predicted octanol–water partition coefficient (Wildman–Crippen LogP) is 1.40. The molecule has 4 heteroatoms. The van der Waals surface area contributed by atoms with E-state index in [0.29, 0.717) is 12.5 Å². The molecule has 0 aromatic heterocycles. The Morgan fingerprint density at radius 3 is 2.88 bits per heavy atom. The van der Waals surface area contributed by atoms with Crippen molar-refractivity contribution in [3.8, 4) is 0 Å². The number of piperidine rings is 1. The van der Waals surface area contributed by atoms with Crippen LogP contribution in [0.3, 0.4) is 0 Å². The maximum atomic E-state index is 11.0. The Morgan fingerprint density at radius 2 is 2.29 bits per heavy atom. The molecule has 1 aliphatic heterocycles. The number of hydrogen-bond donors (Lipinski definition) is 1. The highest BCUT2D eigenvalue weighted by molar-refractivity contribution is 5.69. The van der Waals surface area contributed by atoms with Gasteiger partial charge in [-0.1, -0.05) is 13.3 Å². The lowest BCUT2D eigenvalue weighted by molar-refractivity contribution is -0.140. The molecule has 17 heavy (non-hydrogen) atoms. The van der Waals surface area contributed by atoms with E-state index in [9.17, 15) is 4.79 Å². The average Bonchev–Trinajstić information content (AvgIpc) is 2.38. The lowest BCUT2D eigenvalue weighted by atomic mass is 10.0. The monoisotopic (exact) mass is 242 g/mol. The van der Waals surface area contributed by atoms with Gasteiger partial charge in [0.05, 0.1) is 7.11 Å². The number of carbonyl (C=O) groups excluding carboxylic acids is 1. The number of likely N-dealkylation sites (N-methyl/N-ethyl adjacent to an activating group) is 1. The van der Waals surface area contributed by atoms with Crippen LogP contribution in [0.15, 0.2) is 0 Å². The fourth-order valence-electron chi connectivity index (χ4n) is 2.32. The van der Waals surface area contributed by atoms with E-state index in [4.69, 9.17) is 0 Å². The summed E-state index contributed by atoms with van der Waals surface area (Å²) in [5.41, 5.74) is 0. The molecule has 0 amide bonds. The minimum Gasteiger partial charge on any atom is -0.469 e. The molecule has 100 valence electrons. The summed E-state index contributed by atoms with van der Waals surface area (Å²) < 4.78 is 4.65. The van der Waals surface area contributed by atoms with Crippen LogP contribution in [0, 0.1) is 0 Å².